The van der Waals surface area contributed by atoms with Gasteiger partial charge in [0, 0.05) is 30.8 Å². The molecular formula is C29H39F2N3O4S. The number of aliphatic carboxylic acids is 1. The van der Waals surface area contributed by atoms with E-state index in [1.807, 2.05) is 12.1 Å². The van der Waals surface area contributed by atoms with Crippen LogP contribution in [-0.2, 0) is 9.53 Å². The molecule has 0 spiro atoms. The van der Waals surface area contributed by atoms with Gasteiger partial charge in [0.1, 0.15) is 10.8 Å². The normalized spacial score (nSPS) is 34.1. The molecule has 1 aromatic rings. The highest BCUT2D eigenvalue weighted by Crippen LogP contribution is 2.57. The molecular weight excluding hydrogens is 524 g/mol. The zero-order valence-electron chi connectivity index (χ0n) is 22.3. The number of rotatable bonds is 9. The minimum atomic E-state index is -2.76. The highest BCUT2D eigenvalue weighted by molar-refractivity contribution is 7.99. The fourth-order valence-electron chi connectivity index (χ4n) is 8.47. The standard InChI is InChI=1S/C29H39F2N3O4S/c30-28(31)38-29-13-18-10-19(14-29)25(20(11-18)15-29)33-26(37)22-7-8-23(32-27(22)39-21-5-1-2-6-21)34-9-3-4-17(16-34)12-24(35)36/h7-8,17-21,25,28H,1-6,9-16H2,(H,33,37)(H,35,36)/t17-,18?,19-,20-,25?,29?/m0/s1. The van der Waals surface area contributed by atoms with Crippen molar-refractivity contribution in [2.75, 3.05) is 18.0 Å². The van der Waals surface area contributed by atoms with Crippen molar-refractivity contribution in [1.29, 1.82) is 0 Å². The number of pyridine rings is 1. The number of thioether (sulfide) groups is 1. The van der Waals surface area contributed by atoms with E-state index < -0.39 is 18.2 Å². The van der Waals surface area contributed by atoms with Gasteiger partial charge in [0.15, 0.2) is 0 Å². The average molecular weight is 564 g/mol. The summed E-state index contributed by atoms with van der Waals surface area (Å²) in [5, 5.41) is 13.8. The number of nitrogens with zero attached hydrogens (tertiary/aromatic N) is 2. The number of piperidine rings is 1. The molecule has 2 heterocycles. The van der Waals surface area contributed by atoms with E-state index in [0.717, 1.165) is 55.9 Å². The molecule has 39 heavy (non-hydrogen) atoms. The first-order valence-electron chi connectivity index (χ1n) is 14.7. The largest absolute Gasteiger partial charge is 0.481 e. The molecule has 6 fully saturated rings. The van der Waals surface area contributed by atoms with Crippen LogP contribution < -0.4 is 10.2 Å². The Labute approximate surface area is 232 Å². The van der Waals surface area contributed by atoms with Crippen LogP contribution in [-0.4, -0.2) is 58.6 Å². The van der Waals surface area contributed by atoms with E-state index in [9.17, 15) is 23.5 Å². The zero-order chi connectivity index (χ0) is 27.1. The van der Waals surface area contributed by atoms with Crippen LogP contribution in [0.25, 0.3) is 0 Å². The Hall–Kier alpha value is -1.94. The summed E-state index contributed by atoms with van der Waals surface area (Å²) in [5.74, 6) is 0.740. The summed E-state index contributed by atoms with van der Waals surface area (Å²) in [6, 6.07) is 3.76. The third kappa shape index (κ3) is 5.92. The van der Waals surface area contributed by atoms with E-state index in [4.69, 9.17) is 9.72 Å². The zero-order valence-corrected chi connectivity index (χ0v) is 23.1. The lowest BCUT2D eigenvalue weighted by atomic mass is 9.52. The van der Waals surface area contributed by atoms with Gasteiger partial charge in [-0.2, -0.15) is 8.78 Å². The molecule has 1 amide bonds. The number of carbonyl (C=O) groups excluding carboxylic acids is 1. The molecule has 1 saturated heterocycles. The number of hydrogen-bond donors (Lipinski definition) is 2. The van der Waals surface area contributed by atoms with Crippen molar-refractivity contribution in [2.24, 2.45) is 23.7 Å². The van der Waals surface area contributed by atoms with Gasteiger partial charge in [-0.3, -0.25) is 9.59 Å². The van der Waals surface area contributed by atoms with Crippen molar-refractivity contribution in [2.45, 2.75) is 106 Å². The summed E-state index contributed by atoms with van der Waals surface area (Å²) >= 11 is 1.70. The second-order valence-corrected chi connectivity index (χ2v) is 13.9. The topological polar surface area (TPSA) is 91.8 Å². The summed E-state index contributed by atoms with van der Waals surface area (Å²) < 4.78 is 31.6. The van der Waals surface area contributed by atoms with Crippen LogP contribution in [0.4, 0.5) is 14.6 Å². The predicted molar refractivity (Wildman–Crippen MR) is 144 cm³/mol. The van der Waals surface area contributed by atoms with Crippen LogP contribution in [0, 0.1) is 23.7 Å². The maximum absolute atomic E-state index is 13.8. The number of carboxylic acids is 1. The summed E-state index contributed by atoms with van der Waals surface area (Å²) in [7, 11) is 0. The fraction of sp³-hybridized carbons (Fsp3) is 0.759. The van der Waals surface area contributed by atoms with Gasteiger partial charge in [0.2, 0.25) is 0 Å². The number of hydrogen-bond acceptors (Lipinski definition) is 6. The third-order valence-electron chi connectivity index (χ3n) is 9.83. The molecule has 0 radical (unpaired) electrons. The first-order valence-corrected chi connectivity index (χ1v) is 15.6. The predicted octanol–water partition coefficient (Wildman–Crippen LogP) is 5.72. The van der Waals surface area contributed by atoms with Crippen LogP contribution in [0.1, 0.15) is 87.4 Å². The fourth-order valence-corrected chi connectivity index (χ4v) is 9.79. The Morgan fingerprint density at radius 3 is 2.56 bits per heavy atom. The van der Waals surface area contributed by atoms with Crippen LogP contribution >= 0.6 is 11.8 Å². The first-order chi connectivity index (χ1) is 18.8. The monoisotopic (exact) mass is 563 g/mol. The van der Waals surface area contributed by atoms with E-state index in [1.165, 1.54) is 12.8 Å². The van der Waals surface area contributed by atoms with Crippen molar-refractivity contribution in [3.63, 3.8) is 0 Å². The Morgan fingerprint density at radius 2 is 1.87 bits per heavy atom. The van der Waals surface area contributed by atoms with Crippen molar-refractivity contribution >= 4 is 29.5 Å². The smallest absolute Gasteiger partial charge is 0.345 e. The van der Waals surface area contributed by atoms with Gasteiger partial charge in [-0.15, -0.1) is 11.8 Å². The van der Waals surface area contributed by atoms with Gasteiger partial charge in [-0.05, 0) is 93.6 Å². The number of carboxylic acid groups (broad SMARTS) is 1. The van der Waals surface area contributed by atoms with Gasteiger partial charge in [0.05, 0.1) is 11.2 Å². The molecule has 3 atom stereocenters. The van der Waals surface area contributed by atoms with Crippen molar-refractivity contribution < 1.29 is 28.2 Å². The molecule has 7 rings (SSSR count). The maximum atomic E-state index is 13.8. The third-order valence-corrected chi connectivity index (χ3v) is 11.2. The van der Waals surface area contributed by atoms with Crippen molar-refractivity contribution in [3.8, 4) is 0 Å². The SMILES string of the molecule is O=C(O)C[C@@H]1CCCN(c2ccc(C(=O)NC3[C@H]4CC5C[C@H]3CC(OC(F)F)(C5)C4)c(SC3CCCC3)n2)C1. The van der Waals surface area contributed by atoms with Crippen LogP contribution in [0.2, 0.25) is 0 Å². The number of aromatic nitrogens is 1. The second kappa shape index (κ2) is 11.1. The van der Waals surface area contributed by atoms with Gasteiger partial charge < -0.3 is 20.1 Å². The first kappa shape index (κ1) is 27.2. The van der Waals surface area contributed by atoms with E-state index in [-0.39, 0.29) is 36.1 Å². The molecule has 1 aromatic heterocycles. The average Bonchev–Trinajstić information content (AvgIpc) is 3.38. The Kier molecular flexibility index (Phi) is 7.79. The Balaban J connectivity index is 1.20. The Morgan fingerprint density at radius 1 is 1.13 bits per heavy atom. The van der Waals surface area contributed by atoms with E-state index in [1.54, 1.807) is 11.8 Å². The molecule has 6 aliphatic rings. The lowest BCUT2D eigenvalue weighted by Crippen LogP contribution is -2.62. The molecule has 10 heteroatoms. The van der Waals surface area contributed by atoms with Crippen LogP contribution in [0.5, 0.6) is 0 Å². The molecule has 4 bridgehead atoms. The number of amides is 1. The number of nitrogens with one attached hydrogen (secondary N) is 1. The molecule has 1 aliphatic heterocycles. The summed E-state index contributed by atoms with van der Waals surface area (Å²) in [5.41, 5.74) is -0.145. The molecule has 5 aliphatic carbocycles. The van der Waals surface area contributed by atoms with Gasteiger partial charge in [-0.25, -0.2) is 4.98 Å². The number of ether oxygens (including phenoxy) is 1. The molecule has 7 nitrogen and oxygen atoms in total. The van der Waals surface area contributed by atoms with Crippen LogP contribution in [0.15, 0.2) is 17.2 Å². The highest BCUT2D eigenvalue weighted by atomic mass is 32.2. The number of carbonyl (C=O) groups is 2. The van der Waals surface area contributed by atoms with E-state index >= 15 is 0 Å². The minimum absolute atomic E-state index is 0.0219. The second-order valence-electron chi connectivity index (χ2n) is 12.6. The minimum Gasteiger partial charge on any atom is -0.481 e. The quantitative estimate of drug-likeness (QED) is 0.397. The number of anilines is 1. The molecule has 0 aromatic carbocycles. The lowest BCUT2D eigenvalue weighted by Gasteiger charge is -2.59. The van der Waals surface area contributed by atoms with Gasteiger partial charge in [-0.1, -0.05) is 12.8 Å². The maximum Gasteiger partial charge on any atom is 0.345 e. The molecule has 0 unspecified atom stereocenters. The molecule has 5 saturated carbocycles. The van der Waals surface area contributed by atoms with E-state index in [0.29, 0.717) is 42.5 Å². The lowest BCUT2D eigenvalue weighted by molar-refractivity contribution is -0.260. The van der Waals surface area contributed by atoms with Crippen molar-refractivity contribution in [1.82, 2.24) is 10.3 Å². The summed E-state index contributed by atoms with van der Waals surface area (Å²) in [6.45, 7) is -1.27. The Bertz CT molecular complexity index is 1060. The molecule has 2 N–H and O–H groups in total. The number of alkyl halides is 2. The number of halogens is 2. The summed E-state index contributed by atoms with van der Waals surface area (Å²) in [6.07, 6.45) is 10.4. The summed E-state index contributed by atoms with van der Waals surface area (Å²) in [4.78, 5) is 32.2. The van der Waals surface area contributed by atoms with Crippen molar-refractivity contribution in [3.05, 3.63) is 17.7 Å². The molecule has 214 valence electrons. The van der Waals surface area contributed by atoms with Gasteiger partial charge in [0.25, 0.3) is 5.91 Å². The van der Waals surface area contributed by atoms with Crippen LogP contribution in [0.3, 0.4) is 0 Å². The highest BCUT2D eigenvalue weighted by Gasteiger charge is 2.57. The van der Waals surface area contributed by atoms with Gasteiger partial charge >= 0.3 is 12.6 Å². The van der Waals surface area contributed by atoms with E-state index in [2.05, 4.69) is 10.2 Å².